The summed E-state index contributed by atoms with van der Waals surface area (Å²) in [6.07, 6.45) is 1.11. The molecule has 2 amide bonds. The van der Waals surface area contributed by atoms with Crippen LogP contribution < -0.4 is 16.1 Å². The molecule has 0 heterocycles. The molecule has 1 atom stereocenters. The summed E-state index contributed by atoms with van der Waals surface area (Å²) in [5.74, 6) is -0.397. The first-order chi connectivity index (χ1) is 13.2. The van der Waals surface area contributed by atoms with Crippen LogP contribution in [-0.4, -0.2) is 29.7 Å². The van der Waals surface area contributed by atoms with Gasteiger partial charge in [0.15, 0.2) is 0 Å². The Morgan fingerprint density at radius 3 is 2.18 bits per heavy atom. The minimum absolute atomic E-state index is 0.0165. The molecule has 7 heteroatoms. The molecule has 0 radical (unpaired) electrons. The summed E-state index contributed by atoms with van der Waals surface area (Å²) in [7, 11) is 0. The average Bonchev–Trinajstić information content (AvgIpc) is 2.62. The summed E-state index contributed by atoms with van der Waals surface area (Å²) in [5, 5.41) is 5.44. The zero-order valence-electron chi connectivity index (χ0n) is 17.5. The number of carbonyl (C=O) groups excluding carboxylic acids is 3. The smallest absolute Gasteiger partial charge is 0.246 e. The second-order valence-corrected chi connectivity index (χ2v) is 7.51. The van der Waals surface area contributed by atoms with E-state index in [1.165, 1.54) is 0 Å². The van der Waals surface area contributed by atoms with Crippen LogP contribution >= 0.6 is 0 Å². The van der Waals surface area contributed by atoms with Gasteiger partial charge in [-0.25, -0.2) is 0 Å². The van der Waals surface area contributed by atoms with Crippen LogP contribution in [0.25, 0.3) is 0 Å². The van der Waals surface area contributed by atoms with E-state index in [4.69, 9.17) is 4.84 Å². The number of benzene rings is 1. The van der Waals surface area contributed by atoms with E-state index in [0.29, 0.717) is 25.1 Å². The molecular weight excluding hydrogens is 358 g/mol. The van der Waals surface area contributed by atoms with E-state index in [1.807, 2.05) is 39.8 Å². The van der Waals surface area contributed by atoms with Gasteiger partial charge in [-0.05, 0) is 44.9 Å². The van der Waals surface area contributed by atoms with Crippen molar-refractivity contribution in [3.8, 4) is 0 Å². The Kier molecular flexibility index (Phi) is 10.4. The fourth-order valence-corrected chi connectivity index (χ4v) is 2.32. The molecule has 0 spiro atoms. The Morgan fingerprint density at radius 1 is 0.964 bits per heavy atom. The van der Waals surface area contributed by atoms with Crippen LogP contribution in [0, 0.1) is 5.92 Å². The van der Waals surface area contributed by atoms with Gasteiger partial charge in [-0.2, -0.15) is 5.48 Å². The molecule has 7 nitrogen and oxygen atoms in total. The van der Waals surface area contributed by atoms with E-state index in [0.717, 1.165) is 5.56 Å². The SMILES string of the molecule is CC(C)NOCc1ccc(NC(=O)[C@@H](C)NC(=O)CCCC(=O)C(C)C)cc1. The first-order valence-corrected chi connectivity index (χ1v) is 9.78. The van der Waals surface area contributed by atoms with Gasteiger partial charge in [-0.1, -0.05) is 26.0 Å². The predicted molar refractivity (Wildman–Crippen MR) is 109 cm³/mol. The van der Waals surface area contributed by atoms with Crippen molar-refractivity contribution in [1.29, 1.82) is 0 Å². The Morgan fingerprint density at radius 2 is 1.61 bits per heavy atom. The quantitative estimate of drug-likeness (QED) is 0.476. The molecule has 0 saturated heterocycles. The third-order valence-corrected chi connectivity index (χ3v) is 4.02. The van der Waals surface area contributed by atoms with Crippen molar-refractivity contribution in [1.82, 2.24) is 10.8 Å². The van der Waals surface area contributed by atoms with Crippen molar-refractivity contribution >= 4 is 23.3 Å². The largest absolute Gasteiger partial charge is 0.345 e. The standard InChI is InChI=1S/C21H33N3O4/c1-14(2)19(25)7-6-8-20(26)22-16(5)21(27)23-18-11-9-17(10-12-18)13-28-24-15(3)4/h9-12,14-16,24H,6-8,13H2,1-5H3,(H,22,26)(H,23,27)/t16-/m1/s1. The first kappa shape index (κ1) is 23.8. The second kappa shape index (κ2) is 12.3. The van der Waals surface area contributed by atoms with Gasteiger partial charge < -0.3 is 10.6 Å². The van der Waals surface area contributed by atoms with Crippen molar-refractivity contribution in [2.75, 3.05) is 5.32 Å². The van der Waals surface area contributed by atoms with Crippen LogP contribution in [0.1, 0.15) is 59.4 Å². The summed E-state index contributed by atoms with van der Waals surface area (Å²) in [6.45, 7) is 9.73. The molecule has 0 bridgehead atoms. The number of hydrogen-bond acceptors (Lipinski definition) is 5. The maximum absolute atomic E-state index is 12.2. The lowest BCUT2D eigenvalue weighted by Crippen LogP contribution is -2.41. The van der Waals surface area contributed by atoms with Crippen molar-refractivity contribution in [2.45, 2.75) is 72.6 Å². The summed E-state index contributed by atoms with van der Waals surface area (Å²) < 4.78 is 0. The van der Waals surface area contributed by atoms with Crippen LogP contribution in [0.15, 0.2) is 24.3 Å². The minimum atomic E-state index is -0.661. The summed E-state index contributed by atoms with van der Waals surface area (Å²) in [4.78, 5) is 41.1. The molecule has 0 aliphatic rings. The van der Waals surface area contributed by atoms with Gasteiger partial charge in [0.2, 0.25) is 11.8 Å². The van der Waals surface area contributed by atoms with Crippen molar-refractivity contribution in [3.05, 3.63) is 29.8 Å². The molecule has 1 rings (SSSR count). The van der Waals surface area contributed by atoms with E-state index in [-0.39, 0.29) is 36.0 Å². The lowest BCUT2D eigenvalue weighted by atomic mass is 10.0. The monoisotopic (exact) mass is 391 g/mol. The fourth-order valence-electron chi connectivity index (χ4n) is 2.32. The normalized spacial score (nSPS) is 12.1. The summed E-state index contributed by atoms with van der Waals surface area (Å²) in [6, 6.07) is 6.90. The number of hydroxylamine groups is 1. The number of rotatable bonds is 12. The number of carbonyl (C=O) groups is 3. The second-order valence-electron chi connectivity index (χ2n) is 7.51. The Hall–Kier alpha value is -2.25. The van der Waals surface area contributed by atoms with E-state index < -0.39 is 6.04 Å². The number of anilines is 1. The molecular formula is C21H33N3O4. The molecule has 1 aromatic rings. The van der Waals surface area contributed by atoms with Crippen LogP contribution in [0.4, 0.5) is 5.69 Å². The van der Waals surface area contributed by atoms with Gasteiger partial charge in [-0.3, -0.25) is 19.2 Å². The predicted octanol–water partition coefficient (Wildman–Crippen LogP) is 2.95. The van der Waals surface area contributed by atoms with Gasteiger partial charge in [-0.15, -0.1) is 0 Å². The van der Waals surface area contributed by atoms with E-state index in [2.05, 4.69) is 16.1 Å². The molecule has 0 aromatic heterocycles. The van der Waals surface area contributed by atoms with Crippen molar-refractivity contribution in [3.63, 3.8) is 0 Å². The minimum Gasteiger partial charge on any atom is -0.345 e. The first-order valence-electron chi connectivity index (χ1n) is 9.78. The van der Waals surface area contributed by atoms with E-state index >= 15 is 0 Å². The number of nitrogens with one attached hydrogen (secondary N) is 3. The van der Waals surface area contributed by atoms with Crippen LogP contribution in [0.2, 0.25) is 0 Å². The van der Waals surface area contributed by atoms with Gasteiger partial charge >= 0.3 is 0 Å². The van der Waals surface area contributed by atoms with Gasteiger partial charge in [0, 0.05) is 30.5 Å². The lowest BCUT2D eigenvalue weighted by molar-refractivity contribution is -0.126. The summed E-state index contributed by atoms with van der Waals surface area (Å²) >= 11 is 0. The maximum Gasteiger partial charge on any atom is 0.246 e. The van der Waals surface area contributed by atoms with Gasteiger partial charge in [0.05, 0.1) is 6.61 Å². The highest BCUT2D eigenvalue weighted by atomic mass is 16.6. The molecule has 1 aromatic carbocycles. The highest BCUT2D eigenvalue weighted by Gasteiger charge is 2.16. The van der Waals surface area contributed by atoms with Gasteiger partial charge in [0.25, 0.3) is 0 Å². The zero-order valence-corrected chi connectivity index (χ0v) is 17.5. The van der Waals surface area contributed by atoms with Crippen molar-refractivity contribution < 1.29 is 19.2 Å². The molecule has 28 heavy (non-hydrogen) atoms. The Labute approximate surface area is 167 Å². The maximum atomic E-state index is 12.2. The van der Waals surface area contributed by atoms with E-state index in [9.17, 15) is 14.4 Å². The number of amides is 2. The number of Topliss-reactive ketones (excluding diaryl/α,β-unsaturated/α-hetero) is 1. The summed E-state index contributed by atoms with van der Waals surface area (Å²) in [5.41, 5.74) is 4.49. The third-order valence-electron chi connectivity index (χ3n) is 4.02. The lowest BCUT2D eigenvalue weighted by Gasteiger charge is -2.14. The Bertz CT molecular complexity index is 642. The topological polar surface area (TPSA) is 96.5 Å². The number of hydrogen-bond donors (Lipinski definition) is 3. The van der Waals surface area contributed by atoms with Crippen LogP contribution in [-0.2, 0) is 25.8 Å². The molecule has 0 aliphatic heterocycles. The molecule has 156 valence electrons. The highest BCUT2D eigenvalue weighted by molar-refractivity contribution is 5.96. The molecule has 3 N–H and O–H groups in total. The average molecular weight is 392 g/mol. The highest BCUT2D eigenvalue weighted by Crippen LogP contribution is 2.11. The van der Waals surface area contributed by atoms with Crippen LogP contribution in [0.3, 0.4) is 0 Å². The van der Waals surface area contributed by atoms with Gasteiger partial charge in [0.1, 0.15) is 11.8 Å². The van der Waals surface area contributed by atoms with Crippen molar-refractivity contribution in [2.24, 2.45) is 5.92 Å². The van der Waals surface area contributed by atoms with E-state index in [1.54, 1.807) is 19.1 Å². The molecule has 0 unspecified atom stereocenters. The molecule has 0 saturated carbocycles. The number of ketones is 1. The van der Waals surface area contributed by atoms with Crippen LogP contribution in [0.5, 0.6) is 0 Å². The fraction of sp³-hybridized carbons (Fsp3) is 0.571. The molecule has 0 fully saturated rings. The zero-order chi connectivity index (χ0) is 21.1. The molecule has 0 aliphatic carbocycles. The third kappa shape index (κ3) is 9.62. The Balaban J connectivity index is 2.36.